The molecule has 0 bridgehead atoms. The highest BCUT2D eigenvalue weighted by atomic mass is 35.5. The predicted molar refractivity (Wildman–Crippen MR) is 83.6 cm³/mol. The van der Waals surface area contributed by atoms with Crippen LogP contribution in [0.1, 0.15) is 18.0 Å². The van der Waals surface area contributed by atoms with Crippen molar-refractivity contribution in [3.05, 3.63) is 16.7 Å². The topological polar surface area (TPSA) is 57.0 Å². The number of hydrogen-bond donors (Lipinski definition) is 1. The zero-order chi connectivity index (χ0) is 15.6. The van der Waals surface area contributed by atoms with Gasteiger partial charge in [0.1, 0.15) is 0 Å². The predicted octanol–water partition coefficient (Wildman–Crippen LogP) is 2.32. The minimum absolute atomic E-state index is 0.167. The van der Waals surface area contributed by atoms with Crippen LogP contribution in [0.5, 0.6) is 17.2 Å². The number of ether oxygens (including phenoxy) is 3. The SMILES string of the molecule is COc1cc(Cl)c(C2CC(CN)CN2C)c(OC)c1OC. The van der Waals surface area contributed by atoms with E-state index in [0.29, 0.717) is 34.7 Å². The van der Waals surface area contributed by atoms with Crippen LogP contribution in [0, 0.1) is 5.92 Å². The van der Waals surface area contributed by atoms with Gasteiger partial charge < -0.3 is 19.9 Å². The van der Waals surface area contributed by atoms with E-state index < -0.39 is 0 Å². The van der Waals surface area contributed by atoms with Gasteiger partial charge in [-0.1, -0.05) is 11.6 Å². The van der Waals surface area contributed by atoms with E-state index in [9.17, 15) is 0 Å². The van der Waals surface area contributed by atoms with E-state index in [-0.39, 0.29) is 6.04 Å². The molecule has 1 fully saturated rings. The second-order valence-corrected chi connectivity index (χ2v) is 5.74. The first-order chi connectivity index (χ1) is 10.1. The monoisotopic (exact) mass is 314 g/mol. The maximum atomic E-state index is 6.48. The van der Waals surface area contributed by atoms with E-state index in [1.807, 2.05) is 0 Å². The van der Waals surface area contributed by atoms with Gasteiger partial charge in [0.05, 0.1) is 26.4 Å². The Morgan fingerprint density at radius 1 is 1.24 bits per heavy atom. The molecule has 0 saturated carbocycles. The quantitative estimate of drug-likeness (QED) is 0.904. The number of likely N-dealkylation sites (tertiary alicyclic amines) is 1. The van der Waals surface area contributed by atoms with Gasteiger partial charge in [-0.05, 0) is 25.9 Å². The summed E-state index contributed by atoms with van der Waals surface area (Å²) in [7, 11) is 6.87. The second kappa shape index (κ2) is 6.73. The molecule has 1 heterocycles. The summed E-state index contributed by atoms with van der Waals surface area (Å²) in [6.45, 7) is 1.63. The minimum atomic E-state index is 0.167. The van der Waals surface area contributed by atoms with Crippen LogP contribution in [0.25, 0.3) is 0 Å². The molecule has 1 aliphatic heterocycles. The zero-order valence-corrected chi connectivity index (χ0v) is 13.7. The fourth-order valence-electron chi connectivity index (χ4n) is 3.07. The molecule has 0 amide bonds. The minimum Gasteiger partial charge on any atom is -0.493 e. The first-order valence-electron chi connectivity index (χ1n) is 6.96. The van der Waals surface area contributed by atoms with Gasteiger partial charge in [-0.15, -0.1) is 0 Å². The van der Waals surface area contributed by atoms with E-state index >= 15 is 0 Å². The lowest BCUT2D eigenvalue weighted by Gasteiger charge is -2.25. The molecule has 2 atom stereocenters. The highest BCUT2D eigenvalue weighted by Crippen LogP contribution is 2.49. The van der Waals surface area contributed by atoms with E-state index in [2.05, 4.69) is 11.9 Å². The van der Waals surface area contributed by atoms with Crippen LogP contribution in [0.3, 0.4) is 0 Å². The van der Waals surface area contributed by atoms with Crippen LogP contribution >= 0.6 is 11.6 Å². The molecule has 2 rings (SSSR count). The van der Waals surface area contributed by atoms with Crippen molar-refractivity contribution >= 4 is 11.6 Å². The van der Waals surface area contributed by atoms with Crippen LogP contribution in [0.15, 0.2) is 6.07 Å². The fraction of sp³-hybridized carbons (Fsp3) is 0.600. The van der Waals surface area contributed by atoms with Gasteiger partial charge in [-0.3, -0.25) is 4.90 Å². The Morgan fingerprint density at radius 3 is 2.38 bits per heavy atom. The van der Waals surface area contributed by atoms with Gasteiger partial charge in [-0.2, -0.15) is 0 Å². The Balaban J connectivity index is 2.53. The number of benzene rings is 1. The van der Waals surface area contributed by atoms with E-state index in [1.54, 1.807) is 27.4 Å². The molecule has 6 heteroatoms. The molecule has 2 unspecified atom stereocenters. The molecular weight excluding hydrogens is 292 g/mol. The average Bonchev–Trinajstić information content (AvgIpc) is 2.86. The van der Waals surface area contributed by atoms with Crippen LogP contribution in [0.2, 0.25) is 5.02 Å². The summed E-state index contributed by atoms with van der Waals surface area (Å²) in [5.74, 6) is 2.24. The van der Waals surface area contributed by atoms with Crippen molar-refractivity contribution in [3.8, 4) is 17.2 Å². The zero-order valence-electron chi connectivity index (χ0n) is 13.0. The summed E-state index contributed by atoms with van der Waals surface area (Å²) in [5.41, 5.74) is 6.75. The third-order valence-corrected chi connectivity index (χ3v) is 4.43. The normalized spacial score (nSPS) is 22.4. The molecule has 0 radical (unpaired) electrons. The Morgan fingerprint density at radius 2 is 1.90 bits per heavy atom. The Labute approximate surface area is 130 Å². The summed E-state index contributed by atoms with van der Waals surface area (Å²) in [6.07, 6.45) is 0.957. The molecule has 1 saturated heterocycles. The van der Waals surface area contributed by atoms with E-state index in [0.717, 1.165) is 18.5 Å². The molecule has 5 nitrogen and oxygen atoms in total. The number of nitrogens with zero attached hydrogens (tertiary/aromatic N) is 1. The van der Waals surface area contributed by atoms with Gasteiger partial charge in [-0.25, -0.2) is 0 Å². The first-order valence-corrected chi connectivity index (χ1v) is 7.33. The van der Waals surface area contributed by atoms with Crippen molar-refractivity contribution in [2.75, 3.05) is 41.5 Å². The van der Waals surface area contributed by atoms with Crippen LogP contribution < -0.4 is 19.9 Å². The molecule has 1 aromatic carbocycles. The maximum absolute atomic E-state index is 6.48. The number of hydrogen-bond acceptors (Lipinski definition) is 5. The lowest BCUT2D eigenvalue weighted by molar-refractivity contribution is 0.290. The van der Waals surface area contributed by atoms with Crippen molar-refractivity contribution in [2.24, 2.45) is 11.7 Å². The highest BCUT2D eigenvalue weighted by molar-refractivity contribution is 6.32. The van der Waals surface area contributed by atoms with Gasteiger partial charge >= 0.3 is 0 Å². The molecule has 118 valence electrons. The van der Waals surface area contributed by atoms with Crippen molar-refractivity contribution in [2.45, 2.75) is 12.5 Å². The van der Waals surface area contributed by atoms with E-state index in [4.69, 9.17) is 31.5 Å². The maximum Gasteiger partial charge on any atom is 0.203 e. The van der Waals surface area contributed by atoms with Crippen LogP contribution in [-0.2, 0) is 0 Å². The Hall–Kier alpha value is -1.17. The van der Waals surface area contributed by atoms with Gasteiger partial charge in [0.25, 0.3) is 0 Å². The van der Waals surface area contributed by atoms with Crippen molar-refractivity contribution in [1.82, 2.24) is 4.90 Å². The van der Waals surface area contributed by atoms with Crippen molar-refractivity contribution < 1.29 is 14.2 Å². The summed E-state index contributed by atoms with van der Waals surface area (Å²) < 4.78 is 16.3. The van der Waals surface area contributed by atoms with Crippen molar-refractivity contribution in [3.63, 3.8) is 0 Å². The molecule has 0 aliphatic carbocycles. The summed E-state index contributed by atoms with van der Waals surface area (Å²) >= 11 is 6.48. The van der Waals surface area contributed by atoms with Gasteiger partial charge in [0.15, 0.2) is 11.5 Å². The first kappa shape index (κ1) is 16.2. The molecule has 1 aromatic rings. The third-order valence-electron chi connectivity index (χ3n) is 4.12. The number of halogens is 1. The van der Waals surface area contributed by atoms with Gasteiger partial charge in [0.2, 0.25) is 5.75 Å². The summed E-state index contributed by atoms with van der Waals surface area (Å²) in [4.78, 5) is 2.26. The third kappa shape index (κ3) is 2.91. The molecular formula is C15H23ClN2O3. The lowest BCUT2D eigenvalue weighted by atomic mass is 9.98. The lowest BCUT2D eigenvalue weighted by Crippen LogP contribution is -2.21. The van der Waals surface area contributed by atoms with Crippen LogP contribution in [0.4, 0.5) is 0 Å². The molecule has 0 aromatic heterocycles. The van der Waals surface area contributed by atoms with E-state index in [1.165, 1.54) is 0 Å². The standard InChI is InChI=1S/C15H23ClN2O3/c1-18-8-9(7-17)5-11(18)13-10(16)6-12(19-2)14(20-3)15(13)21-4/h6,9,11H,5,7-8,17H2,1-4H3. The molecule has 2 N–H and O–H groups in total. The summed E-state index contributed by atoms with van der Waals surface area (Å²) in [5, 5.41) is 0.624. The second-order valence-electron chi connectivity index (χ2n) is 5.33. The largest absolute Gasteiger partial charge is 0.493 e. The number of methoxy groups -OCH3 is 3. The Kier molecular flexibility index (Phi) is 5.19. The molecule has 0 spiro atoms. The van der Waals surface area contributed by atoms with Crippen LogP contribution in [-0.4, -0.2) is 46.4 Å². The number of nitrogens with two attached hydrogens (primary N) is 1. The highest BCUT2D eigenvalue weighted by Gasteiger charge is 2.35. The average molecular weight is 315 g/mol. The molecule has 21 heavy (non-hydrogen) atoms. The molecule has 1 aliphatic rings. The fourth-order valence-corrected chi connectivity index (χ4v) is 3.38. The summed E-state index contributed by atoms with van der Waals surface area (Å²) in [6, 6.07) is 1.95. The Bertz CT molecular complexity index is 510. The van der Waals surface area contributed by atoms with Gasteiger partial charge in [0, 0.05) is 24.2 Å². The number of rotatable bonds is 5. The van der Waals surface area contributed by atoms with Crippen molar-refractivity contribution in [1.29, 1.82) is 0 Å². The smallest absolute Gasteiger partial charge is 0.203 e.